The van der Waals surface area contributed by atoms with Crippen LogP contribution in [0.1, 0.15) is 60.1 Å². The number of rotatable bonds is 7. The summed E-state index contributed by atoms with van der Waals surface area (Å²) in [6, 6.07) is 16.5. The van der Waals surface area contributed by atoms with Crippen molar-refractivity contribution in [2.24, 2.45) is 0 Å². The Balaban J connectivity index is 1.45. The summed E-state index contributed by atoms with van der Waals surface area (Å²) in [6.45, 7) is 7.82. The fraction of sp³-hybridized carbons (Fsp3) is 0.385. The van der Waals surface area contributed by atoms with Crippen molar-refractivity contribution >= 4 is 22.9 Å². The molecule has 162 valence electrons. The highest BCUT2D eigenvalue weighted by molar-refractivity contribution is 7.10. The first-order chi connectivity index (χ1) is 15.2. The van der Waals surface area contributed by atoms with Crippen LogP contribution in [-0.2, 0) is 6.42 Å². The number of para-hydroxylation sites is 1. The van der Waals surface area contributed by atoms with Crippen molar-refractivity contribution in [3.63, 3.8) is 0 Å². The molecule has 5 heteroatoms. The van der Waals surface area contributed by atoms with E-state index < -0.39 is 0 Å². The van der Waals surface area contributed by atoms with Gasteiger partial charge in [-0.2, -0.15) is 0 Å². The molecule has 1 aliphatic heterocycles. The predicted molar refractivity (Wildman–Crippen MR) is 130 cm³/mol. The molecule has 2 aromatic carbocycles. The van der Waals surface area contributed by atoms with Gasteiger partial charge in [0.1, 0.15) is 5.69 Å². The minimum absolute atomic E-state index is 0.136. The second kappa shape index (κ2) is 10.2. The topological polar surface area (TPSA) is 45.2 Å². The predicted octanol–water partition coefficient (Wildman–Crippen LogP) is 6.21. The lowest BCUT2D eigenvalue weighted by Crippen LogP contribution is -2.33. The molecule has 0 unspecified atom stereocenters. The molecule has 0 aliphatic carbocycles. The Morgan fingerprint density at radius 1 is 1.10 bits per heavy atom. The zero-order valence-corrected chi connectivity index (χ0v) is 19.3. The van der Waals surface area contributed by atoms with Gasteiger partial charge in [0.25, 0.3) is 5.91 Å². The number of piperidine rings is 1. The van der Waals surface area contributed by atoms with Gasteiger partial charge in [-0.1, -0.05) is 56.3 Å². The van der Waals surface area contributed by atoms with Gasteiger partial charge >= 0.3 is 0 Å². The number of thiazole rings is 1. The zero-order valence-electron chi connectivity index (χ0n) is 18.4. The molecular formula is C26H31N3OS. The lowest BCUT2D eigenvalue weighted by atomic mass is 9.97. The van der Waals surface area contributed by atoms with Crippen molar-refractivity contribution in [2.45, 2.75) is 45.4 Å². The van der Waals surface area contributed by atoms with Gasteiger partial charge in [-0.25, -0.2) is 4.98 Å². The van der Waals surface area contributed by atoms with Crippen LogP contribution in [0.2, 0.25) is 0 Å². The number of nitrogens with one attached hydrogen (secondary N) is 1. The summed E-state index contributed by atoms with van der Waals surface area (Å²) in [4.78, 5) is 20.2. The van der Waals surface area contributed by atoms with Crippen molar-refractivity contribution in [2.75, 3.05) is 25.0 Å². The summed E-state index contributed by atoms with van der Waals surface area (Å²) in [5, 5.41) is 6.10. The van der Waals surface area contributed by atoms with Gasteiger partial charge in [0, 0.05) is 22.5 Å². The Kier molecular flexibility index (Phi) is 7.15. The molecule has 31 heavy (non-hydrogen) atoms. The highest BCUT2D eigenvalue weighted by Gasteiger charge is 2.23. The fourth-order valence-electron chi connectivity index (χ4n) is 4.25. The first-order valence-corrected chi connectivity index (χ1v) is 12.2. The first kappa shape index (κ1) is 21.7. The molecule has 3 aromatic rings. The molecule has 0 radical (unpaired) electrons. The van der Waals surface area contributed by atoms with E-state index in [1.165, 1.54) is 18.5 Å². The fourth-order valence-corrected chi connectivity index (χ4v) is 5.22. The molecule has 1 saturated heterocycles. The zero-order chi connectivity index (χ0) is 21.6. The number of aryl methyl sites for hydroxylation is 1. The standard InChI is InChI=1S/C26H31N3OS/c1-3-15-29-16-13-21(14-17-29)26-28-24(18-31-26)25(30)27-23-8-6-5-7-22(23)20-11-9-19(4-2)10-12-20/h5-12,18,21H,3-4,13-17H2,1-2H3,(H,27,30). The number of aromatic nitrogens is 1. The van der Waals surface area contributed by atoms with Crippen molar-refractivity contribution in [1.82, 2.24) is 9.88 Å². The maximum absolute atomic E-state index is 13.0. The van der Waals surface area contributed by atoms with E-state index >= 15 is 0 Å². The summed E-state index contributed by atoms with van der Waals surface area (Å²) in [5.74, 6) is 0.340. The van der Waals surface area contributed by atoms with Crippen LogP contribution in [0.25, 0.3) is 11.1 Å². The van der Waals surface area contributed by atoms with Gasteiger partial charge in [0.2, 0.25) is 0 Å². The van der Waals surface area contributed by atoms with E-state index in [0.717, 1.165) is 54.2 Å². The molecule has 0 spiro atoms. The molecule has 1 aliphatic rings. The number of carbonyl (C=O) groups is 1. The number of amides is 1. The van der Waals surface area contributed by atoms with Crippen molar-refractivity contribution in [1.29, 1.82) is 0 Å². The van der Waals surface area contributed by atoms with Gasteiger partial charge in [-0.05, 0) is 62.5 Å². The summed E-state index contributed by atoms with van der Waals surface area (Å²) < 4.78 is 0. The van der Waals surface area contributed by atoms with Crippen LogP contribution in [0, 0.1) is 0 Å². The SMILES string of the molecule is CCCN1CCC(c2nc(C(=O)Nc3ccccc3-c3ccc(CC)cc3)cs2)CC1. The van der Waals surface area contributed by atoms with Crippen LogP contribution < -0.4 is 5.32 Å². The number of nitrogens with zero attached hydrogens (tertiary/aromatic N) is 2. The maximum Gasteiger partial charge on any atom is 0.275 e. The Bertz CT molecular complexity index is 1000. The molecule has 2 heterocycles. The monoisotopic (exact) mass is 433 g/mol. The Morgan fingerprint density at radius 3 is 2.55 bits per heavy atom. The quantitative estimate of drug-likeness (QED) is 0.481. The Morgan fingerprint density at radius 2 is 1.84 bits per heavy atom. The third-order valence-corrected chi connectivity index (χ3v) is 7.09. The van der Waals surface area contributed by atoms with Gasteiger partial charge < -0.3 is 10.2 Å². The van der Waals surface area contributed by atoms with Crippen molar-refractivity contribution < 1.29 is 4.79 Å². The van der Waals surface area contributed by atoms with E-state index in [0.29, 0.717) is 11.6 Å². The molecule has 1 amide bonds. The number of hydrogen-bond acceptors (Lipinski definition) is 4. The van der Waals surface area contributed by atoms with E-state index in [-0.39, 0.29) is 5.91 Å². The van der Waals surface area contributed by atoms with E-state index in [1.807, 2.05) is 29.6 Å². The first-order valence-electron chi connectivity index (χ1n) is 11.4. The second-order valence-corrected chi connectivity index (χ2v) is 9.13. The molecule has 4 rings (SSSR count). The largest absolute Gasteiger partial charge is 0.320 e. The molecule has 0 atom stereocenters. The van der Waals surface area contributed by atoms with Crippen molar-refractivity contribution in [3.05, 3.63) is 70.2 Å². The van der Waals surface area contributed by atoms with Crippen LogP contribution in [-0.4, -0.2) is 35.4 Å². The van der Waals surface area contributed by atoms with E-state index in [2.05, 4.69) is 48.3 Å². The molecular weight excluding hydrogens is 402 g/mol. The third kappa shape index (κ3) is 5.23. The average Bonchev–Trinajstić information content (AvgIpc) is 3.31. The highest BCUT2D eigenvalue weighted by Crippen LogP contribution is 2.32. The minimum atomic E-state index is -0.136. The van der Waals surface area contributed by atoms with Crippen LogP contribution in [0.4, 0.5) is 5.69 Å². The average molecular weight is 434 g/mol. The van der Waals surface area contributed by atoms with E-state index in [1.54, 1.807) is 11.3 Å². The Labute approximate surface area is 189 Å². The molecule has 1 N–H and O–H groups in total. The number of hydrogen-bond donors (Lipinski definition) is 1. The van der Waals surface area contributed by atoms with Crippen LogP contribution in [0.5, 0.6) is 0 Å². The number of likely N-dealkylation sites (tertiary alicyclic amines) is 1. The lowest BCUT2D eigenvalue weighted by molar-refractivity contribution is 0.102. The molecule has 1 fully saturated rings. The van der Waals surface area contributed by atoms with E-state index in [9.17, 15) is 4.79 Å². The maximum atomic E-state index is 13.0. The van der Waals surface area contributed by atoms with Crippen LogP contribution in [0.15, 0.2) is 53.9 Å². The number of benzene rings is 2. The van der Waals surface area contributed by atoms with Gasteiger partial charge in [0.15, 0.2) is 0 Å². The third-order valence-electron chi connectivity index (χ3n) is 6.08. The number of anilines is 1. The minimum Gasteiger partial charge on any atom is -0.320 e. The van der Waals surface area contributed by atoms with Crippen LogP contribution in [0.3, 0.4) is 0 Å². The molecule has 4 nitrogen and oxygen atoms in total. The van der Waals surface area contributed by atoms with Crippen molar-refractivity contribution in [3.8, 4) is 11.1 Å². The lowest BCUT2D eigenvalue weighted by Gasteiger charge is -2.30. The molecule has 1 aromatic heterocycles. The van der Waals surface area contributed by atoms with E-state index in [4.69, 9.17) is 4.98 Å². The second-order valence-electron chi connectivity index (χ2n) is 8.24. The summed E-state index contributed by atoms with van der Waals surface area (Å²) in [6.07, 6.45) is 4.48. The highest BCUT2D eigenvalue weighted by atomic mass is 32.1. The Hall–Kier alpha value is -2.50. The van der Waals surface area contributed by atoms with Gasteiger partial charge in [-0.15, -0.1) is 11.3 Å². The number of carbonyl (C=O) groups excluding carboxylic acids is 1. The summed E-state index contributed by atoms with van der Waals surface area (Å²) in [5.41, 5.74) is 4.77. The summed E-state index contributed by atoms with van der Waals surface area (Å²) in [7, 11) is 0. The van der Waals surface area contributed by atoms with Crippen LogP contribution >= 0.6 is 11.3 Å². The van der Waals surface area contributed by atoms with Gasteiger partial charge in [0.05, 0.1) is 5.01 Å². The molecule has 0 saturated carbocycles. The smallest absolute Gasteiger partial charge is 0.275 e. The summed E-state index contributed by atoms with van der Waals surface area (Å²) >= 11 is 1.62. The molecule has 0 bridgehead atoms. The normalized spacial score (nSPS) is 15.2. The van der Waals surface area contributed by atoms with Gasteiger partial charge in [-0.3, -0.25) is 4.79 Å².